The SMILES string of the molecule is Cc1cc(-c2ncnn3cc(N4C[C@@H](C)O[C@H](C)C4)cc23)ccc1CNC(=O)c1noc(C(C)(C)C)n1. The van der Waals surface area contributed by atoms with Crippen LogP contribution in [0.5, 0.6) is 0 Å². The zero-order chi connectivity index (χ0) is 26.3. The molecular formula is C27H33N7O3. The first-order chi connectivity index (χ1) is 17.6. The normalized spacial score (nSPS) is 18.4. The summed E-state index contributed by atoms with van der Waals surface area (Å²) in [7, 11) is 0. The van der Waals surface area contributed by atoms with Crippen LogP contribution in [0.15, 0.2) is 41.3 Å². The number of carbonyl (C=O) groups is 1. The van der Waals surface area contributed by atoms with Gasteiger partial charge in [-0.3, -0.25) is 4.79 Å². The van der Waals surface area contributed by atoms with Crippen molar-refractivity contribution in [2.45, 2.75) is 65.7 Å². The topological polar surface area (TPSA) is 111 Å². The van der Waals surface area contributed by atoms with Crippen molar-refractivity contribution in [3.8, 4) is 11.3 Å². The number of aromatic nitrogens is 5. The van der Waals surface area contributed by atoms with Crippen LogP contribution in [-0.4, -0.2) is 55.9 Å². The summed E-state index contributed by atoms with van der Waals surface area (Å²) in [6.45, 7) is 14.1. The highest BCUT2D eigenvalue weighted by Gasteiger charge is 2.25. The molecule has 1 aliphatic heterocycles. The van der Waals surface area contributed by atoms with E-state index in [2.05, 4.69) is 56.4 Å². The molecule has 4 heterocycles. The van der Waals surface area contributed by atoms with Crippen molar-refractivity contribution in [1.82, 2.24) is 30.1 Å². The largest absolute Gasteiger partial charge is 0.372 e. The van der Waals surface area contributed by atoms with Crippen LogP contribution in [0, 0.1) is 6.92 Å². The molecule has 5 rings (SSSR count). The van der Waals surface area contributed by atoms with Gasteiger partial charge in [-0.1, -0.05) is 38.1 Å². The van der Waals surface area contributed by atoms with Crippen molar-refractivity contribution in [3.63, 3.8) is 0 Å². The Labute approximate surface area is 216 Å². The lowest BCUT2D eigenvalue weighted by molar-refractivity contribution is -0.00521. The van der Waals surface area contributed by atoms with Crippen molar-refractivity contribution < 1.29 is 14.1 Å². The van der Waals surface area contributed by atoms with Crippen molar-refractivity contribution >= 4 is 17.1 Å². The molecule has 10 heteroatoms. The van der Waals surface area contributed by atoms with Crippen LogP contribution in [0.3, 0.4) is 0 Å². The van der Waals surface area contributed by atoms with Crippen LogP contribution in [-0.2, 0) is 16.7 Å². The van der Waals surface area contributed by atoms with Gasteiger partial charge in [-0.15, -0.1) is 0 Å². The molecule has 4 aromatic rings. The number of rotatable bonds is 5. The maximum absolute atomic E-state index is 12.6. The molecule has 3 aromatic heterocycles. The lowest BCUT2D eigenvalue weighted by atomic mass is 9.97. The van der Waals surface area contributed by atoms with Gasteiger partial charge in [-0.25, -0.2) is 9.50 Å². The lowest BCUT2D eigenvalue weighted by Gasteiger charge is -2.36. The molecule has 10 nitrogen and oxygen atoms in total. The third-order valence-electron chi connectivity index (χ3n) is 6.50. The molecule has 2 atom stereocenters. The molecule has 0 aliphatic carbocycles. The molecule has 1 N–H and O–H groups in total. The van der Waals surface area contributed by atoms with Crippen molar-refractivity contribution in [1.29, 1.82) is 0 Å². The van der Waals surface area contributed by atoms with E-state index in [0.717, 1.165) is 46.7 Å². The minimum atomic E-state index is -0.368. The summed E-state index contributed by atoms with van der Waals surface area (Å²) in [5, 5.41) is 11.1. The fourth-order valence-electron chi connectivity index (χ4n) is 4.62. The number of hydrogen-bond donors (Lipinski definition) is 1. The van der Waals surface area contributed by atoms with E-state index >= 15 is 0 Å². The van der Waals surface area contributed by atoms with Crippen molar-refractivity contribution in [2.75, 3.05) is 18.0 Å². The Morgan fingerprint density at radius 1 is 1.16 bits per heavy atom. The second kappa shape index (κ2) is 9.59. The fourth-order valence-corrected chi connectivity index (χ4v) is 4.62. The zero-order valence-electron chi connectivity index (χ0n) is 22.1. The molecule has 0 bridgehead atoms. The summed E-state index contributed by atoms with van der Waals surface area (Å²) in [6, 6.07) is 8.26. The van der Waals surface area contributed by atoms with Crippen LogP contribution in [0.25, 0.3) is 16.8 Å². The fraction of sp³-hybridized carbons (Fsp3) is 0.444. The second-order valence-corrected chi connectivity index (χ2v) is 10.8. The number of benzene rings is 1. The smallest absolute Gasteiger partial charge is 0.292 e. The molecule has 0 unspecified atom stereocenters. The number of carbonyl (C=O) groups excluding carboxylic acids is 1. The number of nitrogens with zero attached hydrogens (tertiary/aromatic N) is 6. The van der Waals surface area contributed by atoms with Crippen LogP contribution in [0.2, 0.25) is 0 Å². The molecule has 0 spiro atoms. The number of nitrogens with one attached hydrogen (secondary N) is 1. The van der Waals surface area contributed by atoms with E-state index in [9.17, 15) is 4.79 Å². The predicted molar refractivity (Wildman–Crippen MR) is 140 cm³/mol. The van der Waals surface area contributed by atoms with E-state index in [1.165, 1.54) is 0 Å². The third-order valence-corrected chi connectivity index (χ3v) is 6.50. The van der Waals surface area contributed by atoms with Crippen LogP contribution >= 0.6 is 0 Å². The van der Waals surface area contributed by atoms with Gasteiger partial charge in [0.2, 0.25) is 5.89 Å². The van der Waals surface area contributed by atoms with E-state index in [-0.39, 0.29) is 29.4 Å². The summed E-state index contributed by atoms with van der Waals surface area (Å²) in [6.07, 6.45) is 3.98. The van der Waals surface area contributed by atoms with Crippen LogP contribution in [0.1, 0.15) is 62.3 Å². The molecule has 1 aromatic carbocycles. The molecule has 37 heavy (non-hydrogen) atoms. The average molecular weight is 504 g/mol. The Hall–Kier alpha value is -3.79. The van der Waals surface area contributed by atoms with Gasteiger partial charge in [0.15, 0.2) is 0 Å². The van der Waals surface area contributed by atoms with E-state index in [0.29, 0.717) is 12.4 Å². The Kier molecular flexibility index (Phi) is 6.45. The van der Waals surface area contributed by atoms with E-state index in [1.54, 1.807) is 6.33 Å². The monoisotopic (exact) mass is 503 g/mol. The predicted octanol–water partition coefficient (Wildman–Crippen LogP) is 3.93. The quantitative estimate of drug-likeness (QED) is 0.436. The Bertz CT molecular complexity index is 1430. The summed E-state index contributed by atoms with van der Waals surface area (Å²) in [5.41, 5.74) is 5.61. The zero-order valence-corrected chi connectivity index (χ0v) is 22.1. The highest BCUT2D eigenvalue weighted by atomic mass is 16.5. The lowest BCUT2D eigenvalue weighted by Crippen LogP contribution is -2.45. The van der Waals surface area contributed by atoms with Crippen molar-refractivity contribution in [2.24, 2.45) is 0 Å². The molecule has 1 fully saturated rings. The molecule has 194 valence electrons. The Balaban J connectivity index is 1.33. The Morgan fingerprint density at radius 3 is 2.59 bits per heavy atom. The average Bonchev–Trinajstić information content (AvgIpc) is 3.50. The first-order valence-corrected chi connectivity index (χ1v) is 12.5. The second-order valence-electron chi connectivity index (χ2n) is 10.8. The highest BCUT2D eigenvalue weighted by molar-refractivity contribution is 5.90. The maximum Gasteiger partial charge on any atom is 0.292 e. The van der Waals surface area contributed by atoms with Gasteiger partial charge in [0.1, 0.15) is 6.33 Å². The number of anilines is 1. The number of fused-ring (bicyclic) bond motifs is 1. The molecular weight excluding hydrogens is 470 g/mol. The number of ether oxygens (including phenoxy) is 1. The van der Waals surface area contributed by atoms with E-state index < -0.39 is 0 Å². The first kappa shape index (κ1) is 24.9. The van der Waals surface area contributed by atoms with Gasteiger partial charge in [-0.2, -0.15) is 10.1 Å². The summed E-state index contributed by atoms with van der Waals surface area (Å²) >= 11 is 0. The van der Waals surface area contributed by atoms with Gasteiger partial charge in [-0.05, 0) is 44.0 Å². The van der Waals surface area contributed by atoms with Gasteiger partial charge >= 0.3 is 0 Å². The highest BCUT2D eigenvalue weighted by Crippen LogP contribution is 2.29. The number of amides is 1. The van der Waals surface area contributed by atoms with E-state index in [4.69, 9.17) is 9.26 Å². The minimum absolute atomic E-state index is 0.0377. The summed E-state index contributed by atoms with van der Waals surface area (Å²) in [4.78, 5) is 23.7. The summed E-state index contributed by atoms with van der Waals surface area (Å²) in [5.74, 6) is 0.101. The third kappa shape index (κ3) is 5.20. The molecule has 1 saturated heterocycles. The maximum atomic E-state index is 12.6. The molecule has 1 aliphatic rings. The van der Waals surface area contributed by atoms with Crippen LogP contribution in [0.4, 0.5) is 5.69 Å². The first-order valence-electron chi connectivity index (χ1n) is 12.5. The number of hydrogen-bond acceptors (Lipinski definition) is 8. The molecule has 1 amide bonds. The van der Waals surface area contributed by atoms with Gasteiger partial charge in [0.25, 0.3) is 11.7 Å². The van der Waals surface area contributed by atoms with Crippen LogP contribution < -0.4 is 10.2 Å². The summed E-state index contributed by atoms with van der Waals surface area (Å²) < 4.78 is 13.0. The standard InChI is InChI=1S/C27H33N7O3/c1-16-9-19(7-8-20(16)11-28-25(35)24-31-26(37-32-24)27(4,5)6)23-22-10-21(14-34(22)30-15-29-23)33-12-17(2)36-18(3)13-33/h7-10,14-15,17-18H,11-13H2,1-6H3,(H,28,35)/t17-,18-/m1/s1. The van der Waals surface area contributed by atoms with Gasteiger partial charge in [0.05, 0.1) is 35.3 Å². The molecule has 0 saturated carbocycles. The minimum Gasteiger partial charge on any atom is -0.372 e. The van der Waals surface area contributed by atoms with Crippen molar-refractivity contribution in [3.05, 3.63) is 59.6 Å². The molecule has 0 radical (unpaired) electrons. The Morgan fingerprint density at radius 2 is 1.92 bits per heavy atom. The number of aryl methyl sites for hydroxylation is 1. The number of morpholine rings is 1. The van der Waals surface area contributed by atoms with Gasteiger partial charge < -0.3 is 19.5 Å². The van der Waals surface area contributed by atoms with Gasteiger partial charge in [0, 0.05) is 30.6 Å². The van der Waals surface area contributed by atoms with E-state index in [1.807, 2.05) is 50.5 Å².